The zero-order chi connectivity index (χ0) is 15.4. The summed E-state index contributed by atoms with van der Waals surface area (Å²) in [6.07, 6.45) is 8.74. The summed E-state index contributed by atoms with van der Waals surface area (Å²) in [4.78, 5) is 0. The van der Waals surface area contributed by atoms with Crippen LogP contribution in [0.2, 0.25) is 0 Å². The molecule has 0 heteroatoms. The Balaban J connectivity index is 1.31. The first-order chi connectivity index (χ1) is 10.3. The number of benzene rings is 1. The number of hydrogen-bond acceptors (Lipinski definition) is 0. The molecule has 0 aromatic heterocycles. The standard InChI is InChI=1S/C22H30/c1-15(2)19-9-21(10-19,11-19)17-5-7-18(8-6-17)22-12-20(13-22,14-22)16(3)4/h5-8,15-16H,9-14H2,1-4H3. The summed E-state index contributed by atoms with van der Waals surface area (Å²) in [6, 6.07) is 9.95. The van der Waals surface area contributed by atoms with Crippen LogP contribution in [0.4, 0.5) is 0 Å². The minimum absolute atomic E-state index is 0.585. The third kappa shape index (κ3) is 1.33. The van der Waals surface area contributed by atoms with Gasteiger partial charge in [-0.25, -0.2) is 0 Å². The largest absolute Gasteiger partial charge is 0.0622 e. The van der Waals surface area contributed by atoms with Crippen molar-refractivity contribution < 1.29 is 0 Å². The summed E-state index contributed by atoms with van der Waals surface area (Å²) in [5, 5.41) is 0. The fourth-order valence-corrected chi connectivity index (χ4v) is 6.75. The first-order valence-corrected chi connectivity index (χ1v) is 9.45. The molecule has 7 rings (SSSR count). The van der Waals surface area contributed by atoms with Crippen molar-refractivity contribution >= 4 is 0 Å². The van der Waals surface area contributed by atoms with Gasteiger partial charge in [-0.05, 0) is 83.1 Å². The highest BCUT2D eigenvalue weighted by Crippen LogP contribution is 2.77. The molecule has 4 bridgehead atoms. The quantitative estimate of drug-likeness (QED) is 0.654. The molecule has 6 aliphatic rings. The van der Waals surface area contributed by atoms with Crippen molar-refractivity contribution in [3.8, 4) is 0 Å². The predicted octanol–water partition coefficient (Wildman–Crippen LogP) is 5.84. The summed E-state index contributed by atoms with van der Waals surface area (Å²) in [5.74, 6) is 1.75. The Kier molecular flexibility index (Phi) is 2.26. The molecule has 118 valence electrons. The summed E-state index contributed by atoms with van der Waals surface area (Å²) >= 11 is 0. The van der Waals surface area contributed by atoms with E-state index in [4.69, 9.17) is 0 Å². The highest BCUT2D eigenvalue weighted by molar-refractivity contribution is 5.45. The van der Waals surface area contributed by atoms with Crippen LogP contribution in [-0.4, -0.2) is 0 Å². The second-order valence-corrected chi connectivity index (χ2v) is 10.2. The van der Waals surface area contributed by atoms with Gasteiger partial charge in [-0.15, -0.1) is 0 Å². The average Bonchev–Trinajstić information content (AvgIpc) is 2.22. The predicted molar refractivity (Wildman–Crippen MR) is 92.0 cm³/mol. The van der Waals surface area contributed by atoms with Crippen LogP contribution >= 0.6 is 0 Å². The van der Waals surface area contributed by atoms with Gasteiger partial charge in [0.05, 0.1) is 0 Å². The molecule has 1 aromatic rings. The Bertz CT molecular complexity index is 534. The lowest BCUT2D eigenvalue weighted by Gasteiger charge is -2.74. The van der Waals surface area contributed by atoms with Crippen molar-refractivity contribution in [1.29, 1.82) is 0 Å². The molecule has 6 aliphatic carbocycles. The maximum Gasteiger partial charge on any atom is -0.00308 e. The van der Waals surface area contributed by atoms with Crippen LogP contribution in [0.5, 0.6) is 0 Å². The van der Waals surface area contributed by atoms with Gasteiger partial charge in [-0.1, -0.05) is 52.0 Å². The van der Waals surface area contributed by atoms with E-state index in [-0.39, 0.29) is 0 Å². The van der Waals surface area contributed by atoms with Gasteiger partial charge in [-0.3, -0.25) is 0 Å². The van der Waals surface area contributed by atoms with Crippen molar-refractivity contribution in [2.24, 2.45) is 22.7 Å². The lowest BCUT2D eigenvalue weighted by atomic mass is 9.30. The summed E-state index contributed by atoms with van der Waals surface area (Å²) < 4.78 is 0. The molecule has 0 spiro atoms. The van der Waals surface area contributed by atoms with E-state index < -0.39 is 0 Å². The van der Waals surface area contributed by atoms with E-state index in [1.54, 1.807) is 11.1 Å². The number of hydrogen-bond donors (Lipinski definition) is 0. The van der Waals surface area contributed by atoms with Crippen LogP contribution in [0.15, 0.2) is 24.3 Å². The first kappa shape index (κ1) is 13.6. The molecule has 0 heterocycles. The Morgan fingerprint density at radius 2 is 0.864 bits per heavy atom. The Labute approximate surface area is 135 Å². The van der Waals surface area contributed by atoms with Crippen LogP contribution in [0.1, 0.15) is 77.3 Å². The van der Waals surface area contributed by atoms with E-state index in [1.165, 1.54) is 38.5 Å². The lowest BCUT2D eigenvalue weighted by molar-refractivity contribution is -0.174. The fourth-order valence-electron chi connectivity index (χ4n) is 6.75. The van der Waals surface area contributed by atoms with Crippen molar-refractivity contribution in [2.45, 2.75) is 77.0 Å². The van der Waals surface area contributed by atoms with Gasteiger partial charge in [0.25, 0.3) is 0 Å². The van der Waals surface area contributed by atoms with Gasteiger partial charge in [0, 0.05) is 0 Å². The summed E-state index contributed by atoms with van der Waals surface area (Å²) in [5.41, 5.74) is 5.89. The average molecular weight is 294 g/mol. The SMILES string of the molecule is CC(C)C12CC(c3ccc(C45CC(C(C)C)(C4)C5)cc3)(C1)C2. The highest BCUT2D eigenvalue weighted by atomic mass is 14.7. The minimum atomic E-state index is 0.585. The molecule has 6 saturated carbocycles. The summed E-state index contributed by atoms with van der Waals surface area (Å²) in [7, 11) is 0. The van der Waals surface area contributed by atoms with Crippen molar-refractivity contribution in [1.82, 2.24) is 0 Å². The molecule has 22 heavy (non-hydrogen) atoms. The maximum atomic E-state index is 2.49. The molecule has 0 amide bonds. The Morgan fingerprint density at radius 3 is 1.09 bits per heavy atom. The molecular weight excluding hydrogens is 264 g/mol. The van der Waals surface area contributed by atoms with Gasteiger partial charge in [0.15, 0.2) is 0 Å². The van der Waals surface area contributed by atoms with Gasteiger partial charge in [-0.2, -0.15) is 0 Å². The highest BCUT2D eigenvalue weighted by Gasteiger charge is 2.70. The van der Waals surface area contributed by atoms with E-state index in [9.17, 15) is 0 Å². The van der Waals surface area contributed by atoms with Gasteiger partial charge in [0.2, 0.25) is 0 Å². The lowest BCUT2D eigenvalue weighted by Crippen LogP contribution is -2.67. The molecule has 0 unspecified atom stereocenters. The zero-order valence-electron chi connectivity index (χ0n) is 14.7. The van der Waals surface area contributed by atoms with Gasteiger partial charge >= 0.3 is 0 Å². The van der Waals surface area contributed by atoms with Crippen LogP contribution < -0.4 is 0 Å². The van der Waals surface area contributed by atoms with Crippen molar-refractivity contribution in [2.75, 3.05) is 0 Å². The molecule has 0 saturated heterocycles. The van der Waals surface area contributed by atoms with Gasteiger partial charge in [0.1, 0.15) is 0 Å². The Morgan fingerprint density at radius 1 is 0.591 bits per heavy atom. The van der Waals surface area contributed by atoms with E-state index >= 15 is 0 Å². The van der Waals surface area contributed by atoms with Crippen LogP contribution in [0.25, 0.3) is 0 Å². The van der Waals surface area contributed by atoms with Gasteiger partial charge < -0.3 is 0 Å². The fraction of sp³-hybridized carbons (Fsp3) is 0.727. The van der Waals surface area contributed by atoms with Crippen LogP contribution in [0, 0.1) is 22.7 Å². The van der Waals surface area contributed by atoms with Crippen molar-refractivity contribution in [3.63, 3.8) is 0 Å². The maximum absolute atomic E-state index is 2.49. The Hall–Kier alpha value is -0.780. The molecule has 1 aromatic carbocycles. The zero-order valence-corrected chi connectivity index (χ0v) is 14.7. The van der Waals surface area contributed by atoms with E-state index in [1.807, 2.05) is 0 Å². The summed E-state index contributed by atoms with van der Waals surface area (Å²) in [6.45, 7) is 9.66. The molecular formula is C22H30. The number of rotatable bonds is 4. The normalized spacial score (nSPS) is 47.5. The second-order valence-electron chi connectivity index (χ2n) is 10.2. The third-order valence-corrected chi connectivity index (χ3v) is 8.70. The minimum Gasteiger partial charge on any atom is -0.0622 e. The molecule has 6 fully saturated rings. The smallest absolute Gasteiger partial charge is 0.00308 e. The first-order valence-electron chi connectivity index (χ1n) is 9.45. The third-order valence-electron chi connectivity index (χ3n) is 8.70. The molecule has 0 N–H and O–H groups in total. The van der Waals surface area contributed by atoms with Crippen LogP contribution in [0.3, 0.4) is 0 Å². The molecule has 0 atom stereocenters. The van der Waals surface area contributed by atoms with E-state index in [0.29, 0.717) is 10.8 Å². The van der Waals surface area contributed by atoms with Crippen LogP contribution in [-0.2, 0) is 10.8 Å². The monoisotopic (exact) mass is 294 g/mol. The molecule has 0 nitrogen and oxygen atoms in total. The molecule has 0 aliphatic heterocycles. The topological polar surface area (TPSA) is 0 Å². The van der Waals surface area contributed by atoms with Crippen molar-refractivity contribution in [3.05, 3.63) is 35.4 Å². The second kappa shape index (κ2) is 3.65. The van der Waals surface area contributed by atoms with E-state index in [0.717, 1.165) is 22.7 Å². The van der Waals surface area contributed by atoms with E-state index in [2.05, 4.69) is 52.0 Å². The molecule has 0 radical (unpaired) electrons.